The highest BCUT2D eigenvalue weighted by atomic mass is 16.6. The van der Waals surface area contributed by atoms with Crippen LogP contribution in [-0.4, -0.2) is 20.0 Å². The summed E-state index contributed by atoms with van der Waals surface area (Å²) in [6.07, 6.45) is 0. The molecule has 0 atom stereocenters. The summed E-state index contributed by atoms with van der Waals surface area (Å²) in [7, 11) is 0. The molecule has 5 rings (SSSR count). The number of phenolic OH excluding ortho intramolecular Hbond substituents is 1. The van der Waals surface area contributed by atoms with Crippen molar-refractivity contribution in [3.05, 3.63) is 107 Å². The molecule has 32 heavy (non-hydrogen) atoms. The predicted octanol–water partition coefficient (Wildman–Crippen LogP) is 6.62. The van der Waals surface area contributed by atoms with Gasteiger partial charge in [0.05, 0.1) is 4.92 Å². The van der Waals surface area contributed by atoms with Gasteiger partial charge in [0.25, 0.3) is 5.69 Å². The topological polar surface area (TPSA) is 94.9 Å². The van der Waals surface area contributed by atoms with Crippen molar-refractivity contribution in [1.29, 1.82) is 0 Å². The molecule has 0 radical (unpaired) electrons. The number of nitrogens with one attached hydrogen (secondary N) is 2. The van der Waals surface area contributed by atoms with Crippen molar-refractivity contribution < 1.29 is 10.0 Å². The lowest BCUT2D eigenvalue weighted by Gasteiger charge is -2.09. The molecule has 0 fully saturated rings. The van der Waals surface area contributed by atoms with Crippen LogP contribution < -0.4 is 0 Å². The third kappa shape index (κ3) is 3.54. The number of nitro benzene ring substituents is 1. The van der Waals surface area contributed by atoms with Crippen LogP contribution in [0.2, 0.25) is 0 Å². The Morgan fingerprint density at radius 3 is 1.44 bits per heavy atom. The standard InChI is InChI=1S/C26H19N3O3/c30-26-20(24-13-11-22(27-24)17-7-3-1-4-8-17)15-19(29(31)32)16-21(26)25-14-12-23(28-25)18-9-5-2-6-10-18/h1-16,27-28,30H. The van der Waals surface area contributed by atoms with E-state index in [9.17, 15) is 15.2 Å². The molecule has 2 heterocycles. The van der Waals surface area contributed by atoms with E-state index >= 15 is 0 Å². The van der Waals surface area contributed by atoms with E-state index in [-0.39, 0.29) is 11.4 Å². The average Bonchev–Trinajstić information content (AvgIpc) is 3.51. The number of non-ortho nitro benzene ring substituents is 1. The summed E-state index contributed by atoms with van der Waals surface area (Å²) in [6, 6.07) is 29.7. The molecule has 2 aromatic heterocycles. The van der Waals surface area contributed by atoms with E-state index in [1.165, 1.54) is 12.1 Å². The summed E-state index contributed by atoms with van der Waals surface area (Å²) < 4.78 is 0. The second kappa shape index (κ2) is 7.92. The fourth-order valence-electron chi connectivity index (χ4n) is 3.81. The van der Waals surface area contributed by atoms with Gasteiger partial charge >= 0.3 is 0 Å². The second-order valence-corrected chi connectivity index (χ2v) is 7.45. The van der Waals surface area contributed by atoms with Gasteiger partial charge in [-0.15, -0.1) is 0 Å². The quantitative estimate of drug-likeness (QED) is 0.220. The zero-order valence-electron chi connectivity index (χ0n) is 16.9. The van der Waals surface area contributed by atoms with E-state index < -0.39 is 4.92 Å². The van der Waals surface area contributed by atoms with E-state index in [0.29, 0.717) is 22.5 Å². The van der Waals surface area contributed by atoms with Crippen molar-refractivity contribution in [2.75, 3.05) is 0 Å². The molecule has 6 nitrogen and oxygen atoms in total. The first-order valence-corrected chi connectivity index (χ1v) is 10.1. The normalized spacial score (nSPS) is 10.9. The van der Waals surface area contributed by atoms with E-state index in [1.807, 2.05) is 84.9 Å². The van der Waals surface area contributed by atoms with Crippen LogP contribution in [0.3, 0.4) is 0 Å². The molecule has 5 aromatic rings. The molecule has 6 heteroatoms. The zero-order chi connectivity index (χ0) is 22.1. The third-order valence-corrected chi connectivity index (χ3v) is 5.43. The van der Waals surface area contributed by atoms with Crippen LogP contribution in [0.5, 0.6) is 5.75 Å². The molecule has 0 saturated heterocycles. The van der Waals surface area contributed by atoms with Gasteiger partial charge in [-0.05, 0) is 35.4 Å². The number of nitrogens with zero attached hydrogens (tertiary/aromatic N) is 1. The average molecular weight is 421 g/mol. The molecule has 156 valence electrons. The van der Waals surface area contributed by atoms with Crippen LogP contribution in [-0.2, 0) is 0 Å². The van der Waals surface area contributed by atoms with Crippen LogP contribution in [0.15, 0.2) is 97.1 Å². The van der Waals surface area contributed by atoms with Crippen LogP contribution in [0.4, 0.5) is 5.69 Å². The first-order chi connectivity index (χ1) is 15.6. The number of aromatic nitrogens is 2. The van der Waals surface area contributed by atoms with Gasteiger partial charge in [-0.1, -0.05) is 60.7 Å². The number of nitro groups is 1. The summed E-state index contributed by atoms with van der Waals surface area (Å²) in [5.74, 6) is -0.0291. The van der Waals surface area contributed by atoms with Crippen molar-refractivity contribution in [3.8, 4) is 50.8 Å². The highest BCUT2D eigenvalue weighted by Gasteiger charge is 2.20. The molecule has 0 spiro atoms. The molecular weight excluding hydrogens is 402 g/mol. The Hall–Kier alpha value is -4.58. The lowest BCUT2D eigenvalue weighted by molar-refractivity contribution is -0.384. The van der Waals surface area contributed by atoms with Gasteiger partial charge in [-0.2, -0.15) is 0 Å². The highest BCUT2D eigenvalue weighted by molar-refractivity contribution is 5.84. The molecule has 0 bridgehead atoms. The SMILES string of the molecule is O=[N+]([O-])c1cc(-c2ccc(-c3ccccc3)[nH]2)c(O)c(-c2ccc(-c3ccccc3)[nH]2)c1. The Bertz CT molecular complexity index is 1300. The lowest BCUT2D eigenvalue weighted by atomic mass is 10.0. The maximum absolute atomic E-state index is 11.6. The number of rotatable bonds is 5. The van der Waals surface area contributed by atoms with E-state index in [0.717, 1.165) is 22.5 Å². The summed E-state index contributed by atoms with van der Waals surface area (Å²) in [6.45, 7) is 0. The zero-order valence-corrected chi connectivity index (χ0v) is 16.9. The Kier molecular flexibility index (Phi) is 4.80. The van der Waals surface area contributed by atoms with Gasteiger partial charge in [0, 0.05) is 46.0 Å². The number of aromatic hydroxyl groups is 1. The van der Waals surface area contributed by atoms with Gasteiger partial charge in [0.1, 0.15) is 5.75 Å². The van der Waals surface area contributed by atoms with Gasteiger partial charge < -0.3 is 15.1 Å². The van der Waals surface area contributed by atoms with Crippen LogP contribution in [0, 0.1) is 10.1 Å². The number of hydrogen-bond donors (Lipinski definition) is 3. The molecule has 0 aliphatic rings. The highest BCUT2D eigenvalue weighted by Crippen LogP contribution is 2.41. The number of hydrogen-bond acceptors (Lipinski definition) is 3. The maximum Gasteiger partial charge on any atom is 0.271 e. The number of phenols is 1. The van der Waals surface area contributed by atoms with Crippen molar-refractivity contribution in [1.82, 2.24) is 9.97 Å². The smallest absolute Gasteiger partial charge is 0.271 e. The van der Waals surface area contributed by atoms with Crippen molar-refractivity contribution >= 4 is 5.69 Å². The Morgan fingerprint density at radius 2 is 1.03 bits per heavy atom. The largest absolute Gasteiger partial charge is 0.507 e. The molecule has 0 unspecified atom stereocenters. The summed E-state index contributed by atoms with van der Waals surface area (Å²) in [4.78, 5) is 17.7. The molecule has 3 N–H and O–H groups in total. The molecule has 0 amide bonds. The van der Waals surface area contributed by atoms with E-state index in [1.54, 1.807) is 0 Å². The number of benzene rings is 3. The first kappa shape index (κ1) is 19.4. The van der Waals surface area contributed by atoms with E-state index in [4.69, 9.17) is 0 Å². The van der Waals surface area contributed by atoms with Crippen LogP contribution in [0.25, 0.3) is 45.0 Å². The fourth-order valence-corrected chi connectivity index (χ4v) is 3.81. The Balaban J connectivity index is 1.61. The summed E-state index contributed by atoms with van der Waals surface area (Å²) in [5, 5.41) is 22.7. The van der Waals surface area contributed by atoms with Gasteiger partial charge in [0.15, 0.2) is 0 Å². The van der Waals surface area contributed by atoms with E-state index in [2.05, 4.69) is 9.97 Å². The molecule has 0 aliphatic heterocycles. The molecular formula is C26H19N3O3. The monoisotopic (exact) mass is 421 g/mol. The van der Waals surface area contributed by atoms with Crippen LogP contribution >= 0.6 is 0 Å². The first-order valence-electron chi connectivity index (χ1n) is 10.1. The van der Waals surface area contributed by atoms with Crippen molar-refractivity contribution in [3.63, 3.8) is 0 Å². The summed E-state index contributed by atoms with van der Waals surface area (Å²) >= 11 is 0. The maximum atomic E-state index is 11.6. The lowest BCUT2D eigenvalue weighted by Crippen LogP contribution is -1.92. The minimum atomic E-state index is -0.450. The molecule has 0 aliphatic carbocycles. The Morgan fingerprint density at radius 1 is 0.625 bits per heavy atom. The van der Waals surface area contributed by atoms with Crippen molar-refractivity contribution in [2.45, 2.75) is 0 Å². The number of H-pyrrole nitrogens is 2. The predicted molar refractivity (Wildman–Crippen MR) is 125 cm³/mol. The molecule has 3 aromatic carbocycles. The van der Waals surface area contributed by atoms with Gasteiger partial charge in [0.2, 0.25) is 0 Å². The second-order valence-electron chi connectivity index (χ2n) is 7.45. The Labute approximate surface area is 184 Å². The van der Waals surface area contributed by atoms with Gasteiger partial charge in [-0.25, -0.2) is 0 Å². The van der Waals surface area contributed by atoms with Gasteiger partial charge in [-0.3, -0.25) is 10.1 Å². The summed E-state index contributed by atoms with van der Waals surface area (Å²) in [5.41, 5.74) is 5.53. The van der Waals surface area contributed by atoms with Crippen molar-refractivity contribution in [2.24, 2.45) is 0 Å². The third-order valence-electron chi connectivity index (χ3n) is 5.43. The minimum absolute atomic E-state index is 0.0291. The number of aromatic amines is 2. The van der Waals surface area contributed by atoms with Crippen LogP contribution in [0.1, 0.15) is 0 Å². The molecule has 0 saturated carbocycles. The fraction of sp³-hybridized carbons (Fsp3) is 0. The minimum Gasteiger partial charge on any atom is -0.507 e.